The molecule has 0 spiro atoms. The van der Waals surface area contributed by atoms with Crippen molar-refractivity contribution in [3.8, 4) is 0 Å². The Morgan fingerprint density at radius 3 is 2.56 bits per heavy atom. The molecule has 0 fully saturated rings. The van der Waals surface area contributed by atoms with E-state index in [4.69, 9.17) is 5.73 Å². The van der Waals surface area contributed by atoms with Crippen LogP contribution in [-0.4, -0.2) is 31.7 Å². The van der Waals surface area contributed by atoms with Crippen molar-refractivity contribution < 1.29 is 0 Å². The standard InChI is InChI=1S/C6H17N3/c1-6(4-5-7)9(3)8-2/h6,8H,4-5,7H2,1-3H3. The van der Waals surface area contributed by atoms with Gasteiger partial charge in [0.2, 0.25) is 0 Å². The van der Waals surface area contributed by atoms with E-state index in [1.54, 1.807) is 0 Å². The fourth-order valence-electron chi connectivity index (χ4n) is 0.655. The Morgan fingerprint density at radius 1 is 1.67 bits per heavy atom. The number of nitrogens with two attached hydrogens (primary N) is 1. The summed E-state index contributed by atoms with van der Waals surface area (Å²) in [7, 11) is 3.92. The van der Waals surface area contributed by atoms with Crippen LogP contribution in [0.4, 0.5) is 0 Å². The van der Waals surface area contributed by atoms with Crippen LogP contribution in [0.5, 0.6) is 0 Å². The molecule has 56 valence electrons. The van der Waals surface area contributed by atoms with E-state index in [0.29, 0.717) is 6.04 Å². The maximum absolute atomic E-state index is 5.37. The van der Waals surface area contributed by atoms with Gasteiger partial charge in [-0.25, -0.2) is 5.01 Å². The smallest absolute Gasteiger partial charge is 0.0224 e. The Bertz CT molecular complexity index is 65.3. The summed E-state index contributed by atoms with van der Waals surface area (Å²) in [5.41, 5.74) is 8.39. The van der Waals surface area contributed by atoms with Crippen molar-refractivity contribution in [1.82, 2.24) is 10.4 Å². The molecule has 0 aliphatic carbocycles. The molecule has 0 amide bonds. The lowest BCUT2D eigenvalue weighted by molar-refractivity contribution is 0.187. The highest BCUT2D eigenvalue weighted by Crippen LogP contribution is 1.93. The highest BCUT2D eigenvalue weighted by atomic mass is 15.5. The maximum atomic E-state index is 5.37. The second kappa shape index (κ2) is 4.73. The second-order valence-corrected chi connectivity index (χ2v) is 2.26. The first-order chi connectivity index (χ1) is 4.22. The summed E-state index contributed by atoms with van der Waals surface area (Å²) in [6, 6.07) is 0.528. The van der Waals surface area contributed by atoms with E-state index in [2.05, 4.69) is 12.3 Å². The highest BCUT2D eigenvalue weighted by molar-refractivity contribution is 4.57. The molecule has 0 radical (unpaired) electrons. The molecule has 0 aromatic heterocycles. The van der Waals surface area contributed by atoms with Gasteiger partial charge in [0.05, 0.1) is 0 Å². The fraction of sp³-hybridized carbons (Fsp3) is 1.00. The van der Waals surface area contributed by atoms with E-state index in [1.165, 1.54) is 0 Å². The van der Waals surface area contributed by atoms with Crippen LogP contribution in [-0.2, 0) is 0 Å². The molecule has 3 heteroatoms. The quantitative estimate of drug-likeness (QED) is 0.519. The van der Waals surface area contributed by atoms with E-state index in [-0.39, 0.29) is 0 Å². The predicted octanol–water partition coefficient (Wildman–Crippen LogP) is -0.210. The molecule has 1 atom stereocenters. The fourth-order valence-corrected chi connectivity index (χ4v) is 0.655. The van der Waals surface area contributed by atoms with Crippen LogP contribution in [0.1, 0.15) is 13.3 Å². The second-order valence-electron chi connectivity index (χ2n) is 2.26. The zero-order valence-corrected chi connectivity index (χ0v) is 6.52. The molecule has 1 unspecified atom stereocenters. The first kappa shape index (κ1) is 8.88. The van der Waals surface area contributed by atoms with Crippen LogP contribution in [0.25, 0.3) is 0 Å². The minimum atomic E-state index is 0.528. The molecular weight excluding hydrogens is 114 g/mol. The number of rotatable bonds is 4. The zero-order valence-electron chi connectivity index (χ0n) is 6.52. The van der Waals surface area contributed by atoms with Crippen molar-refractivity contribution in [1.29, 1.82) is 0 Å². The highest BCUT2D eigenvalue weighted by Gasteiger charge is 2.03. The normalized spacial score (nSPS) is 14.3. The Morgan fingerprint density at radius 2 is 2.22 bits per heavy atom. The molecule has 3 N–H and O–H groups in total. The van der Waals surface area contributed by atoms with E-state index < -0.39 is 0 Å². The molecule has 9 heavy (non-hydrogen) atoms. The number of nitrogens with zero attached hydrogens (tertiary/aromatic N) is 1. The topological polar surface area (TPSA) is 41.3 Å². The summed E-state index contributed by atoms with van der Waals surface area (Å²) in [6.45, 7) is 2.90. The first-order valence-corrected chi connectivity index (χ1v) is 3.32. The van der Waals surface area contributed by atoms with Crippen molar-refractivity contribution in [2.45, 2.75) is 19.4 Å². The monoisotopic (exact) mass is 131 g/mol. The van der Waals surface area contributed by atoms with Gasteiger partial charge in [0.25, 0.3) is 0 Å². The van der Waals surface area contributed by atoms with Gasteiger partial charge < -0.3 is 5.73 Å². The lowest BCUT2D eigenvalue weighted by Gasteiger charge is -2.22. The minimum absolute atomic E-state index is 0.528. The summed E-state index contributed by atoms with van der Waals surface area (Å²) in [4.78, 5) is 0. The molecule has 0 rings (SSSR count). The van der Waals surface area contributed by atoms with Gasteiger partial charge in [-0.1, -0.05) is 0 Å². The van der Waals surface area contributed by atoms with E-state index in [1.807, 2.05) is 19.1 Å². The van der Waals surface area contributed by atoms with Gasteiger partial charge in [0, 0.05) is 13.1 Å². The number of nitrogens with one attached hydrogen (secondary N) is 1. The van der Waals surface area contributed by atoms with Gasteiger partial charge in [0.15, 0.2) is 0 Å². The van der Waals surface area contributed by atoms with Gasteiger partial charge in [-0.3, -0.25) is 5.43 Å². The lowest BCUT2D eigenvalue weighted by Crippen LogP contribution is -2.39. The van der Waals surface area contributed by atoms with Crippen molar-refractivity contribution in [3.05, 3.63) is 0 Å². The van der Waals surface area contributed by atoms with Crippen molar-refractivity contribution in [3.63, 3.8) is 0 Å². The lowest BCUT2D eigenvalue weighted by atomic mass is 10.2. The Labute approximate surface area is 57.2 Å². The Balaban J connectivity index is 3.32. The Hall–Kier alpha value is -0.120. The maximum Gasteiger partial charge on any atom is 0.0224 e. The van der Waals surface area contributed by atoms with E-state index >= 15 is 0 Å². The predicted molar refractivity (Wildman–Crippen MR) is 40.0 cm³/mol. The molecule has 0 bridgehead atoms. The third-order valence-corrected chi connectivity index (χ3v) is 1.60. The van der Waals surface area contributed by atoms with Gasteiger partial charge in [-0.15, -0.1) is 0 Å². The molecule has 0 aromatic rings. The average Bonchev–Trinajstić information content (AvgIpc) is 1.87. The third-order valence-electron chi connectivity index (χ3n) is 1.60. The SMILES string of the molecule is CNN(C)C(C)CCN. The van der Waals surface area contributed by atoms with Crippen LogP contribution < -0.4 is 11.2 Å². The van der Waals surface area contributed by atoms with Gasteiger partial charge in [0.1, 0.15) is 0 Å². The van der Waals surface area contributed by atoms with Crippen molar-refractivity contribution in [2.75, 3.05) is 20.6 Å². The molecule has 0 aromatic carbocycles. The summed E-state index contributed by atoms with van der Waals surface area (Å²) >= 11 is 0. The van der Waals surface area contributed by atoms with Crippen LogP contribution in [0.2, 0.25) is 0 Å². The molecule has 0 heterocycles. The largest absolute Gasteiger partial charge is 0.330 e. The van der Waals surface area contributed by atoms with Gasteiger partial charge in [-0.05, 0) is 26.9 Å². The van der Waals surface area contributed by atoms with Crippen LogP contribution in [0.15, 0.2) is 0 Å². The number of hydrogen-bond donors (Lipinski definition) is 2. The van der Waals surface area contributed by atoms with E-state index in [9.17, 15) is 0 Å². The third kappa shape index (κ3) is 3.46. The van der Waals surface area contributed by atoms with Crippen LogP contribution >= 0.6 is 0 Å². The molecule has 0 aliphatic heterocycles. The average molecular weight is 131 g/mol. The summed E-state index contributed by atoms with van der Waals surface area (Å²) in [6.07, 6.45) is 1.04. The van der Waals surface area contributed by atoms with Crippen LogP contribution in [0, 0.1) is 0 Å². The molecule has 0 saturated carbocycles. The van der Waals surface area contributed by atoms with Gasteiger partial charge >= 0.3 is 0 Å². The summed E-state index contributed by atoms with van der Waals surface area (Å²) < 4.78 is 0. The number of hydrazine groups is 1. The molecule has 0 saturated heterocycles. The zero-order chi connectivity index (χ0) is 7.28. The van der Waals surface area contributed by atoms with Crippen molar-refractivity contribution >= 4 is 0 Å². The summed E-state index contributed by atoms with van der Waals surface area (Å²) in [5, 5.41) is 2.05. The minimum Gasteiger partial charge on any atom is -0.330 e. The van der Waals surface area contributed by atoms with Crippen LogP contribution in [0.3, 0.4) is 0 Å². The summed E-state index contributed by atoms with van der Waals surface area (Å²) in [5.74, 6) is 0. The van der Waals surface area contributed by atoms with E-state index in [0.717, 1.165) is 13.0 Å². The molecular formula is C6H17N3. The Kier molecular flexibility index (Phi) is 4.67. The van der Waals surface area contributed by atoms with Crippen molar-refractivity contribution in [2.24, 2.45) is 5.73 Å². The molecule has 3 nitrogen and oxygen atoms in total. The first-order valence-electron chi connectivity index (χ1n) is 3.32. The van der Waals surface area contributed by atoms with Gasteiger partial charge in [-0.2, -0.15) is 0 Å². The number of hydrogen-bond acceptors (Lipinski definition) is 3. The molecule has 0 aliphatic rings.